The lowest BCUT2D eigenvalue weighted by atomic mass is 10.1. The fraction of sp³-hybridized carbons (Fsp3) is 0.0435. The van der Waals surface area contributed by atoms with Crippen LogP contribution in [0, 0.1) is 0 Å². The van der Waals surface area contributed by atoms with Gasteiger partial charge in [0.2, 0.25) is 0 Å². The van der Waals surface area contributed by atoms with Crippen LogP contribution in [-0.4, -0.2) is 21.2 Å². The van der Waals surface area contributed by atoms with Gasteiger partial charge in [0.15, 0.2) is 0 Å². The minimum atomic E-state index is -0.418. The Morgan fingerprint density at radius 1 is 1.03 bits per heavy atom. The number of amides is 2. The Balaban J connectivity index is 1.57. The molecule has 3 aromatic carbocycles. The number of benzene rings is 3. The molecule has 160 valence electrons. The van der Waals surface area contributed by atoms with Crippen molar-refractivity contribution in [3.05, 3.63) is 92.3 Å². The maximum atomic E-state index is 12.8. The summed E-state index contributed by atoms with van der Waals surface area (Å²) in [4.78, 5) is 26.7. The average molecular weight is 529 g/mol. The first-order chi connectivity index (χ1) is 15.4. The van der Waals surface area contributed by atoms with E-state index in [1.165, 1.54) is 17.0 Å². The van der Waals surface area contributed by atoms with Gasteiger partial charge in [0, 0.05) is 10.0 Å². The molecule has 9 heteroatoms. The first-order valence-corrected chi connectivity index (χ1v) is 11.4. The van der Waals surface area contributed by atoms with Gasteiger partial charge in [-0.2, -0.15) is 5.11 Å². The molecule has 0 radical (unpaired) electrons. The van der Waals surface area contributed by atoms with E-state index in [0.717, 1.165) is 21.8 Å². The zero-order valence-corrected chi connectivity index (χ0v) is 19.6. The van der Waals surface area contributed by atoms with Crippen LogP contribution in [0.2, 0.25) is 5.02 Å². The van der Waals surface area contributed by atoms with Crippen molar-refractivity contribution in [1.82, 2.24) is 4.90 Å². The van der Waals surface area contributed by atoms with Crippen molar-refractivity contribution in [3.63, 3.8) is 0 Å². The van der Waals surface area contributed by atoms with Gasteiger partial charge in [0.05, 0.1) is 22.2 Å². The molecule has 0 unspecified atom stereocenters. The molecule has 1 N–H and O–H groups in total. The fourth-order valence-electron chi connectivity index (χ4n) is 2.94. The molecule has 0 bridgehead atoms. The highest BCUT2D eigenvalue weighted by Crippen LogP contribution is 2.36. The third-order valence-corrected chi connectivity index (χ3v) is 6.58. The third kappa shape index (κ3) is 4.93. The van der Waals surface area contributed by atoms with E-state index < -0.39 is 5.91 Å². The van der Waals surface area contributed by atoms with Gasteiger partial charge in [0.25, 0.3) is 11.1 Å². The van der Waals surface area contributed by atoms with Crippen LogP contribution in [0.15, 0.2) is 86.3 Å². The number of phenolic OH excluding ortho intramolecular Hbond substituents is 1. The monoisotopic (exact) mass is 527 g/mol. The molecule has 0 atom stereocenters. The highest BCUT2D eigenvalue weighted by molar-refractivity contribution is 9.10. The zero-order valence-electron chi connectivity index (χ0n) is 16.4. The standard InChI is InChI=1S/C23H15BrClN3O3S/c24-17-6-2-1-5-14(17)13-28-22(30)21(32-23(28)31)12-15-11-16(9-10-20(15)29)26-27-19-8-4-3-7-18(19)25/h1-12,29H,13H2/b21-12-,27-26?. The molecule has 4 rings (SSSR count). The maximum absolute atomic E-state index is 12.8. The minimum absolute atomic E-state index is 0.0423. The van der Waals surface area contributed by atoms with E-state index in [0.29, 0.717) is 22.0 Å². The predicted octanol–water partition coefficient (Wildman–Crippen LogP) is 7.46. The fourth-order valence-corrected chi connectivity index (χ4v) is 4.35. The topological polar surface area (TPSA) is 82.3 Å². The molecule has 3 aromatic rings. The van der Waals surface area contributed by atoms with E-state index in [1.807, 2.05) is 24.3 Å². The minimum Gasteiger partial charge on any atom is -0.507 e. The van der Waals surface area contributed by atoms with Crippen LogP contribution in [0.1, 0.15) is 11.1 Å². The second-order valence-electron chi connectivity index (χ2n) is 6.75. The van der Waals surface area contributed by atoms with Crippen LogP contribution in [0.5, 0.6) is 5.75 Å². The summed E-state index contributed by atoms with van der Waals surface area (Å²) in [6.07, 6.45) is 1.48. The van der Waals surface area contributed by atoms with Gasteiger partial charge in [-0.3, -0.25) is 14.5 Å². The summed E-state index contributed by atoms with van der Waals surface area (Å²) in [5.74, 6) is -0.461. The van der Waals surface area contributed by atoms with Gasteiger partial charge < -0.3 is 5.11 Å². The molecule has 6 nitrogen and oxygen atoms in total. The molecule has 1 saturated heterocycles. The molecule has 0 spiro atoms. The Labute approximate surface area is 201 Å². The number of carbonyl (C=O) groups is 2. The van der Waals surface area contributed by atoms with E-state index in [1.54, 1.807) is 36.4 Å². The number of azo groups is 1. The van der Waals surface area contributed by atoms with Crippen LogP contribution >= 0.6 is 39.3 Å². The molecule has 32 heavy (non-hydrogen) atoms. The first kappa shape index (κ1) is 22.3. The van der Waals surface area contributed by atoms with Crippen molar-refractivity contribution in [2.45, 2.75) is 6.54 Å². The number of aromatic hydroxyl groups is 1. The number of thioether (sulfide) groups is 1. The highest BCUT2D eigenvalue weighted by Gasteiger charge is 2.35. The van der Waals surface area contributed by atoms with Crippen molar-refractivity contribution in [1.29, 1.82) is 0 Å². The summed E-state index contributed by atoms with van der Waals surface area (Å²) in [5.41, 5.74) is 2.14. The van der Waals surface area contributed by atoms with Gasteiger partial charge in [-0.05, 0) is 59.8 Å². The summed E-state index contributed by atoms with van der Waals surface area (Å²) in [6.45, 7) is 0.154. The molecule has 1 fully saturated rings. The number of halogens is 2. The van der Waals surface area contributed by atoms with Crippen LogP contribution in [0.3, 0.4) is 0 Å². The van der Waals surface area contributed by atoms with Gasteiger partial charge in [-0.25, -0.2) is 0 Å². The average Bonchev–Trinajstić information content (AvgIpc) is 3.04. The normalized spacial score (nSPS) is 15.3. The van der Waals surface area contributed by atoms with E-state index in [-0.39, 0.29) is 22.4 Å². The van der Waals surface area contributed by atoms with Crippen LogP contribution in [-0.2, 0) is 11.3 Å². The number of phenols is 1. The summed E-state index contributed by atoms with van der Waals surface area (Å²) >= 11 is 10.4. The van der Waals surface area contributed by atoms with E-state index >= 15 is 0 Å². The summed E-state index contributed by atoms with van der Waals surface area (Å²) in [7, 11) is 0. The summed E-state index contributed by atoms with van der Waals surface area (Å²) < 4.78 is 0.817. The Kier molecular flexibility index (Phi) is 6.74. The molecule has 1 aliphatic rings. The van der Waals surface area contributed by atoms with Gasteiger partial charge in [-0.15, -0.1) is 5.11 Å². The van der Waals surface area contributed by atoms with Crippen LogP contribution in [0.25, 0.3) is 6.08 Å². The van der Waals surface area contributed by atoms with Crippen LogP contribution < -0.4 is 0 Å². The van der Waals surface area contributed by atoms with E-state index in [9.17, 15) is 14.7 Å². The number of rotatable bonds is 5. The Morgan fingerprint density at radius 2 is 1.78 bits per heavy atom. The van der Waals surface area contributed by atoms with Crippen LogP contribution in [0.4, 0.5) is 16.2 Å². The lowest BCUT2D eigenvalue weighted by Crippen LogP contribution is -2.27. The lowest BCUT2D eigenvalue weighted by molar-refractivity contribution is -0.123. The smallest absolute Gasteiger partial charge is 0.293 e. The first-order valence-electron chi connectivity index (χ1n) is 9.40. The summed E-state index contributed by atoms with van der Waals surface area (Å²) in [5, 5.41) is 18.6. The van der Waals surface area contributed by atoms with Crippen molar-refractivity contribution in [2.75, 3.05) is 0 Å². The van der Waals surface area contributed by atoms with Gasteiger partial charge >= 0.3 is 0 Å². The predicted molar refractivity (Wildman–Crippen MR) is 129 cm³/mol. The highest BCUT2D eigenvalue weighted by atomic mass is 79.9. The number of nitrogens with zero attached hydrogens (tertiary/aromatic N) is 3. The zero-order chi connectivity index (χ0) is 22.7. The molecule has 1 heterocycles. The maximum Gasteiger partial charge on any atom is 0.293 e. The Hall–Kier alpha value is -2.94. The molecular formula is C23H15BrClN3O3S. The quantitative estimate of drug-likeness (QED) is 0.275. The Bertz CT molecular complexity index is 1280. The van der Waals surface area contributed by atoms with Gasteiger partial charge in [0.1, 0.15) is 11.4 Å². The second-order valence-corrected chi connectivity index (χ2v) is 9.01. The van der Waals surface area contributed by atoms with Crippen molar-refractivity contribution >= 4 is 67.9 Å². The lowest BCUT2D eigenvalue weighted by Gasteiger charge is -2.13. The SMILES string of the molecule is O=C1S/C(=C\c2cc(N=Nc3ccccc3Cl)ccc2O)C(=O)N1Cc1ccccc1Br. The molecule has 0 saturated carbocycles. The molecule has 0 aromatic heterocycles. The van der Waals surface area contributed by atoms with E-state index in [2.05, 4.69) is 26.2 Å². The number of hydrogen-bond donors (Lipinski definition) is 1. The number of carbonyl (C=O) groups excluding carboxylic acids is 2. The molecule has 1 aliphatic heterocycles. The largest absolute Gasteiger partial charge is 0.507 e. The molecule has 2 amide bonds. The molecular weight excluding hydrogens is 514 g/mol. The Morgan fingerprint density at radius 3 is 2.56 bits per heavy atom. The van der Waals surface area contributed by atoms with E-state index in [4.69, 9.17) is 11.6 Å². The van der Waals surface area contributed by atoms with Crippen molar-refractivity contribution in [2.24, 2.45) is 10.2 Å². The van der Waals surface area contributed by atoms with Crippen molar-refractivity contribution < 1.29 is 14.7 Å². The number of imide groups is 1. The van der Waals surface area contributed by atoms with Crippen molar-refractivity contribution in [3.8, 4) is 5.75 Å². The van der Waals surface area contributed by atoms with Gasteiger partial charge in [-0.1, -0.05) is 57.9 Å². The summed E-state index contributed by atoms with van der Waals surface area (Å²) in [6, 6.07) is 19.1. The number of hydrogen-bond acceptors (Lipinski definition) is 6. The second kappa shape index (κ2) is 9.68. The molecule has 0 aliphatic carbocycles. The third-order valence-electron chi connectivity index (χ3n) is 4.58.